The molecule has 39 valence electrons. The van der Waals surface area contributed by atoms with Gasteiger partial charge in [-0.2, -0.15) is 0 Å². The second kappa shape index (κ2) is 36.5. The van der Waals surface area contributed by atoms with Crippen molar-refractivity contribution in [2.45, 2.75) is 0 Å². The van der Waals surface area contributed by atoms with Crippen molar-refractivity contribution in [3.8, 4) is 0 Å². The first-order chi connectivity index (χ1) is 0. The van der Waals surface area contributed by atoms with Crippen molar-refractivity contribution in [1.29, 1.82) is 0 Å². The van der Waals surface area contributed by atoms with E-state index in [1.807, 2.05) is 0 Å². The molecule has 0 aliphatic heterocycles. The van der Waals surface area contributed by atoms with Crippen LogP contribution in [0.3, 0.4) is 0 Å². The molecule has 0 aliphatic rings. The van der Waals surface area contributed by atoms with Gasteiger partial charge in [-0.05, 0) is 0 Å². The molecule has 0 aliphatic carbocycles. The average molecular weight is 319 g/mol. The largest absolute Gasteiger partial charge is 0.813 e. The average Bonchev–Trinajstić information content (AvgIpc) is 0. The Bertz CT molecular complexity index is 3.61. The van der Waals surface area contributed by atoms with Crippen LogP contribution in [0.4, 0.5) is 0 Å². The molecule has 1 radical (unpaired) electrons. The Morgan fingerprint density at radius 3 is 0.400 bits per heavy atom. The zero-order chi connectivity index (χ0) is 0. The molecule has 5 heteroatoms. The first-order valence-electron chi connectivity index (χ1n) is 0. The number of hydrogen-bond acceptors (Lipinski definition) is 4. The summed E-state index contributed by atoms with van der Waals surface area (Å²) in [5, 5.41) is 0. The van der Waals surface area contributed by atoms with Crippen molar-refractivity contribution < 1.29 is 20.4 Å². The minimum Gasteiger partial charge on any atom is -0.813 e. The Labute approximate surface area is 73.9 Å². The number of rotatable bonds is 0. The Kier molecular flexibility index (Phi) is 446. The monoisotopic (exact) mass is 319 g/mol. The van der Waals surface area contributed by atoms with E-state index >= 15 is 0 Å². The van der Waals surface area contributed by atoms with Crippen LogP contribution in [0.2, 0.25) is 0 Å². The molecule has 0 aromatic rings. The maximum absolute atomic E-state index is 0. The molecule has 0 amide bonds. The molecule has 0 atom stereocenters. The van der Waals surface area contributed by atoms with Crippen LogP contribution < -0.4 is 0 Å². The SMILES string of the molecule is [Re].[SH-].[SH-].[SH-].[SH-]. The van der Waals surface area contributed by atoms with Gasteiger partial charge >= 0.3 is 0 Å². The second-order valence-electron chi connectivity index (χ2n) is 0. The van der Waals surface area contributed by atoms with Crippen LogP contribution in [0.15, 0.2) is 0 Å². The zero-order valence-electron chi connectivity index (χ0n) is 2.17. The smallest absolute Gasteiger partial charge is 0 e. The van der Waals surface area contributed by atoms with Gasteiger partial charge in [0.15, 0.2) is 0 Å². The van der Waals surface area contributed by atoms with Gasteiger partial charge < -0.3 is 54.0 Å². The molecule has 0 rings (SSSR count). The minimum absolute atomic E-state index is 0. The molecule has 0 saturated carbocycles. The van der Waals surface area contributed by atoms with Crippen LogP contribution in [0.1, 0.15) is 0 Å². The zero-order valence-corrected chi connectivity index (χ0v) is 8.46. The van der Waals surface area contributed by atoms with E-state index in [-0.39, 0.29) is 74.4 Å². The molecule has 0 unspecified atom stereocenters. The first kappa shape index (κ1) is 61.0. The summed E-state index contributed by atoms with van der Waals surface area (Å²) >= 11 is 0. The normalized spacial score (nSPS) is 0. The van der Waals surface area contributed by atoms with Crippen LogP contribution in [0.5, 0.6) is 0 Å². The molecule has 5 heavy (non-hydrogen) atoms. The summed E-state index contributed by atoms with van der Waals surface area (Å²) in [5.41, 5.74) is 0. The summed E-state index contributed by atoms with van der Waals surface area (Å²) in [6, 6.07) is 0. The van der Waals surface area contributed by atoms with E-state index in [1.54, 1.807) is 0 Å². The molecule has 0 N–H and O–H groups in total. The van der Waals surface area contributed by atoms with Gasteiger partial charge in [-0.25, -0.2) is 0 Å². The third-order valence-electron chi connectivity index (χ3n) is 0. The van der Waals surface area contributed by atoms with Crippen molar-refractivity contribution >= 4 is 54.0 Å². The molecule has 0 aromatic heterocycles. The van der Waals surface area contributed by atoms with Crippen molar-refractivity contribution in [3.05, 3.63) is 0 Å². The second-order valence-corrected chi connectivity index (χ2v) is 0. The van der Waals surface area contributed by atoms with E-state index in [9.17, 15) is 0 Å². The Morgan fingerprint density at radius 2 is 0.400 bits per heavy atom. The summed E-state index contributed by atoms with van der Waals surface area (Å²) in [6.45, 7) is 0. The van der Waals surface area contributed by atoms with Gasteiger partial charge in [0.1, 0.15) is 0 Å². The van der Waals surface area contributed by atoms with E-state index in [2.05, 4.69) is 0 Å². The molecule has 0 fully saturated rings. The van der Waals surface area contributed by atoms with E-state index in [4.69, 9.17) is 0 Å². The predicted octanol–water partition coefficient (Wildman–Crippen LogP) is -1.08. The van der Waals surface area contributed by atoms with Gasteiger partial charge in [-0.3, -0.25) is 0 Å². The fraction of sp³-hybridized carbons (Fsp3) is 0. The van der Waals surface area contributed by atoms with Gasteiger partial charge in [0.05, 0.1) is 0 Å². The van der Waals surface area contributed by atoms with Crippen LogP contribution in [-0.2, 0) is 74.4 Å². The van der Waals surface area contributed by atoms with Crippen molar-refractivity contribution in [1.82, 2.24) is 0 Å². The maximum Gasteiger partial charge on any atom is 0 e. The van der Waals surface area contributed by atoms with Crippen LogP contribution in [-0.4, -0.2) is 0 Å². The Morgan fingerprint density at radius 1 is 0.400 bits per heavy atom. The number of thiol groups is 4. The van der Waals surface area contributed by atoms with Gasteiger partial charge in [0.25, 0.3) is 0 Å². The van der Waals surface area contributed by atoms with Crippen LogP contribution in [0, 0.1) is 0 Å². The standard InChI is InChI=1S/Re.4H2S/h;4*1H2/p-4. The van der Waals surface area contributed by atoms with Crippen molar-refractivity contribution in [3.63, 3.8) is 0 Å². The summed E-state index contributed by atoms with van der Waals surface area (Å²) in [4.78, 5) is 0. The van der Waals surface area contributed by atoms with Gasteiger partial charge in [-0.15, -0.1) is 0 Å². The van der Waals surface area contributed by atoms with E-state index < -0.39 is 0 Å². The number of hydrogen-bond donors (Lipinski definition) is 0. The summed E-state index contributed by atoms with van der Waals surface area (Å²) < 4.78 is 0. The summed E-state index contributed by atoms with van der Waals surface area (Å²) in [5.74, 6) is 0. The van der Waals surface area contributed by atoms with E-state index in [0.717, 1.165) is 0 Å². The Hall–Kier alpha value is 2.06. The molecular weight excluding hydrogens is 314 g/mol. The fourth-order valence-electron chi connectivity index (χ4n) is 0. The van der Waals surface area contributed by atoms with E-state index in [0.29, 0.717) is 0 Å². The fourth-order valence-corrected chi connectivity index (χ4v) is 0. The van der Waals surface area contributed by atoms with Gasteiger partial charge in [0.2, 0.25) is 0 Å². The topological polar surface area (TPSA) is 0 Å². The van der Waals surface area contributed by atoms with Gasteiger partial charge in [0, 0.05) is 20.4 Å². The predicted molar refractivity (Wildman–Crippen MR) is 35.0 cm³/mol. The molecule has 0 nitrogen and oxygen atoms in total. The van der Waals surface area contributed by atoms with Crippen molar-refractivity contribution in [2.24, 2.45) is 0 Å². The summed E-state index contributed by atoms with van der Waals surface area (Å²) in [7, 11) is 0. The van der Waals surface area contributed by atoms with Crippen molar-refractivity contribution in [2.75, 3.05) is 0 Å². The van der Waals surface area contributed by atoms with Crippen LogP contribution in [0.25, 0.3) is 0 Å². The maximum atomic E-state index is 0. The third-order valence-corrected chi connectivity index (χ3v) is 0. The molecule has 0 saturated heterocycles. The van der Waals surface area contributed by atoms with E-state index in [1.165, 1.54) is 0 Å². The summed E-state index contributed by atoms with van der Waals surface area (Å²) in [6.07, 6.45) is 0. The molecule has 0 spiro atoms. The molecular formula is H4ReS4-4. The van der Waals surface area contributed by atoms with Gasteiger partial charge in [-0.1, -0.05) is 0 Å². The first-order valence-corrected chi connectivity index (χ1v) is 0. The molecule has 0 bridgehead atoms. The third kappa shape index (κ3) is 23.5. The molecule has 0 heterocycles. The Balaban J connectivity index is 0. The minimum atomic E-state index is 0. The molecule has 0 aromatic carbocycles. The van der Waals surface area contributed by atoms with Crippen LogP contribution >= 0.6 is 0 Å². The quantitative estimate of drug-likeness (QED) is 0.411.